The van der Waals surface area contributed by atoms with Gasteiger partial charge in [-0.25, -0.2) is 8.78 Å². The summed E-state index contributed by atoms with van der Waals surface area (Å²) in [6.07, 6.45) is 2.59. The molecule has 246 valence electrons. The first-order valence-electron chi connectivity index (χ1n) is 15.9. The number of allylic oxidation sites excluding steroid dienone is 4. The van der Waals surface area contributed by atoms with E-state index in [1.807, 2.05) is 6.92 Å². The SMILES string of the molecule is C[C@@H]1C[C@H]2[C@@H]3C[C@H](F)C4=CC(=O)C=C[C@]4(C)[C@@]3(F)[C@@H](O)C[C@]2(C)[C@@]1(OC(=O)C1CCC1)C(=O)SCC#CCOC(=O)C(C)(C)C. The van der Waals surface area contributed by atoms with Crippen LogP contribution in [0.15, 0.2) is 23.8 Å². The first-order chi connectivity index (χ1) is 20.9. The molecule has 0 aliphatic heterocycles. The minimum atomic E-state index is -2.30. The lowest BCUT2D eigenvalue weighted by Crippen LogP contribution is -2.70. The monoisotopic (exact) mass is 646 g/mol. The van der Waals surface area contributed by atoms with Crippen LogP contribution in [-0.4, -0.2) is 63.8 Å². The minimum Gasteiger partial charge on any atom is -0.452 e. The molecule has 5 rings (SSSR count). The molecule has 0 heterocycles. The zero-order valence-electron chi connectivity index (χ0n) is 26.9. The Balaban J connectivity index is 1.46. The quantitative estimate of drug-likeness (QED) is 0.309. The molecule has 5 aliphatic carbocycles. The van der Waals surface area contributed by atoms with Crippen LogP contribution in [0.4, 0.5) is 8.78 Å². The number of rotatable bonds is 5. The van der Waals surface area contributed by atoms with Gasteiger partial charge in [-0.3, -0.25) is 19.2 Å². The second-order valence-electron chi connectivity index (χ2n) is 15.0. The second kappa shape index (κ2) is 11.6. The van der Waals surface area contributed by atoms with Crippen LogP contribution < -0.4 is 0 Å². The van der Waals surface area contributed by atoms with Crippen LogP contribution in [0.25, 0.3) is 0 Å². The number of hydrogen-bond donors (Lipinski definition) is 1. The normalized spacial score (nSPS) is 40.5. The van der Waals surface area contributed by atoms with Gasteiger partial charge in [0.05, 0.1) is 23.2 Å². The number of fused-ring (bicyclic) bond motifs is 5. The van der Waals surface area contributed by atoms with Crippen LogP contribution >= 0.6 is 11.8 Å². The molecular weight excluding hydrogens is 602 g/mol. The molecule has 10 heteroatoms. The molecule has 0 radical (unpaired) electrons. The molecule has 1 N–H and O–H groups in total. The largest absolute Gasteiger partial charge is 0.452 e. The first kappa shape index (κ1) is 33.8. The number of esters is 2. The summed E-state index contributed by atoms with van der Waals surface area (Å²) in [6.45, 7) is 10.2. The fraction of sp³-hybridized carbons (Fsp3) is 0.714. The lowest BCUT2D eigenvalue weighted by Gasteiger charge is -2.63. The fourth-order valence-electron chi connectivity index (χ4n) is 8.73. The summed E-state index contributed by atoms with van der Waals surface area (Å²) < 4.78 is 45.0. The standard InChI is InChI=1S/C35H44F2O7S/c1-20-16-23-24-18-26(36)25-17-22(38)12-13-32(25,5)34(24,37)27(39)19-33(23,6)35(20,44-28(40)21-10-9-11-21)30(42)45-15-8-7-14-43-29(41)31(2,3)4/h12-13,17,20-21,23-24,26-27,39H,9-11,14-16,18-19H2,1-6H3/t20-,23+,24+,26+,27+,32+,33+,34+,35+/m1/s1. The zero-order chi connectivity index (χ0) is 33.2. The van der Waals surface area contributed by atoms with E-state index in [0.717, 1.165) is 24.3 Å². The highest BCUT2D eigenvalue weighted by atomic mass is 32.2. The zero-order valence-corrected chi connectivity index (χ0v) is 27.7. The van der Waals surface area contributed by atoms with Crippen molar-refractivity contribution in [2.24, 2.45) is 39.9 Å². The Bertz CT molecular complexity index is 1400. The first-order valence-corrected chi connectivity index (χ1v) is 16.9. The molecular formula is C35H44F2O7S. The summed E-state index contributed by atoms with van der Waals surface area (Å²) in [5.41, 5.74) is -7.39. The van der Waals surface area contributed by atoms with Crippen molar-refractivity contribution in [3.63, 3.8) is 0 Å². The molecule has 0 aromatic carbocycles. The smallest absolute Gasteiger partial charge is 0.312 e. The Kier molecular flexibility index (Phi) is 8.74. The average Bonchev–Trinajstić information content (AvgIpc) is 3.13. The number of ether oxygens (including phenoxy) is 2. The second-order valence-corrected chi connectivity index (χ2v) is 16.0. The van der Waals surface area contributed by atoms with Gasteiger partial charge in [-0.1, -0.05) is 49.9 Å². The number of hydrogen-bond acceptors (Lipinski definition) is 8. The van der Waals surface area contributed by atoms with Crippen molar-refractivity contribution in [3.8, 4) is 11.8 Å². The van der Waals surface area contributed by atoms with Crippen molar-refractivity contribution >= 4 is 34.6 Å². The van der Waals surface area contributed by atoms with Crippen molar-refractivity contribution in [1.29, 1.82) is 0 Å². The Morgan fingerprint density at radius 3 is 2.44 bits per heavy atom. The Morgan fingerprint density at radius 1 is 1.13 bits per heavy atom. The maximum Gasteiger partial charge on any atom is 0.312 e. The van der Waals surface area contributed by atoms with Gasteiger partial charge in [-0.2, -0.15) is 0 Å². The van der Waals surface area contributed by atoms with Crippen molar-refractivity contribution in [2.75, 3.05) is 12.4 Å². The average molecular weight is 647 g/mol. The molecule has 0 unspecified atom stereocenters. The third-order valence-electron chi connectivity index (χ3n) is 11.5. The van der Waals surface area contributed by atoms with Crippen molar-refractivity contribution in [1.82, 2.24) is 0 Å². The van der Waals surface area contributed by atoms with E-state index < -0.39 is 80.4 Å². The van der Waals surface area contributed by atoms with E-state index in [-0.39, 0.29) is 36.7 Å². The number of alkyl halides is 2. The summed E-state index contributed by atoms with van der Waals surface area (Å²) in [5, 5.41) is 11.3. The fourth-order valence-corrected chi connectivity index (χ4v) is 9.73. The van der Waals surface area contributed by atoms with Gasteiger partial charge in [0, 0.05) is 22.7 Å². The number of carbonyl (C=O) groups is 4. The predicted octanol–water partition coefficient (Wildman–Crippen LogP) is 5.49. The van der Waals surface area contributed by atoms with Crippen molar-refractivity contribution < 1.29 is 42.5 Å². The van der Waals surface area contributed by atoms with Crippen LogP contribution in [0.3, 0.4) is 0 Å². The van der Waals surface area contributed by atoms with E-state index in [0.29, 0.717) is 19.3 Å². The van der Waals surface area contributed by atoms with Crippen LogP contribution in [-0.2, 0) is 28.7 Å². The summed E-state index contributed by atoms with van der Waals surface area (Å²) >= 11 is 0.885. The lowest BCUT2D eigenvalue weighted by molar-refractivity contribution is -0.230. The highest BCUT2D eigenvalue weighted by molar-refractivity contribution is 8.14. The summed E-state index contributed by atoms with van der Waals surface area (Å²) in [5.74, 6) is 1.87. The van der Waals surface area contributed by atoms with E-state index in [1.165, 1.54) is 19.1 Å². The van der Waals surface area contributed by atoms with E-state index >= 15 is 8.78 Å². The summed E-state index contributed by atoms with van der Waals surface area (Å²) in [6, 6.07) is 0. The van der Waals surface area contributed by atoms with Crippen LogP contribution in [0.2, 0.25) is 0 Å². The van der Waals surface area contributed by atoms with E-state index in [9.17, 15) is 24.3 Å². The molecule has 5 aliphatic rings. The number of thioether (sulfide) groups is 1. The van der Waals surface area contributed by atoms with Crippen LogP contribution in [0.5, 0.6) is 0 Å². The van der Waals surface area contributed by atoms with Gasteiger partial charge < -0.3 is 14.6 Å². The number of aliphatic hydroxyl groups excluding tert-OH is 1. The Morgan fingerprint density at radius 2 is 1.82 bits per heavy atom. The molecule has 0 saturated heterocycles. The molecule has 4 saturated carbocycles. The van der Waals surface area contributed by atoms with E-state index in [4.69, 9.17) is 9.47 Å². The maximum absolute atomic E-state index is 17.7. The molecule has 9 atom stereocenters. The van der Waals surface area contributed by atoms with Crippen LogP contribution in [0, 0.1) is 51.8 Å². The van der Waals surface area contributed by atoms with Gasteiger partial charge in [-0.15, -0.1) is 0 Å². The Labute approximate surface area is 268 Å². The summed E-state index contributed by atoms with van der Waals surface area (Å²) in [7, 11) is 0. The number of ketones is 1. The van der Waals surface area contributed by atoms with Gasteiger partial charge in [-0.05, 0) is 83.4 Å². The molecule has 45 heavy (non-hydrogen) atoms. The molecule has 0 aromatic heterocycles. The third-order valence-corrected chi connectivity index (χ3v) is 12.3. The molecule has 4 fully saturated rings. The third kappa shape index (κ3) is 5.11. The van der Waals surface area contributed by atoms with E-state index in [1.54, 1.807) is 27.7 Å². The highest BCUT2D eigenvalue weighted by Gasteiger charge is 2.78. The van der Waals surface area contributed by atoms with Gasteiger partial charge in [0.25, 0.3) is 0 Å². The highest BCUT2D eigenvalue weighted by Crippen LogP contribution is 2.72. The summed E-state index contributed by atoms with van der Waals surface area (Å²) in [4.78, 5) is 52.0. The predicted molar refractivity (Wildman–Crippen MR) is 165 cm³/mol. The van der Waals surface area contributed by atoms with Crippen molar-refractivity contribution in [2.45, 2.75) is 104 Å². The lowest BCUT2D eigenvalue weighted by atomic mass is 9.44. The van der Waals surface area contributed by atoms with Gasteiger partial charge in [0.1, 0.15) is 6.17 Å². The number of halogens is 2. The molecule has 0 amide bonds. The molecule has 0 spiro atoms. The van der Waals surface area contributed by atoms with Gasteiger partial charge >= 0.3 is 11.9 Å². The van der Waals surface area contributed by atoms with Gasteiger partial charge in [0.2, 0.25) is 5.12 Å². The topological polar surface area (TPSA) is 107 Å². The molecule has 0 aromatic rings. The van der Waals surface area contributed by atoms with E-state index in [2.05, 4.69) is 11.8 Å². The number of carbonyl (C=O) groups excluding carboxylic acids is 4. The molecule has 7 nitrogen and oxygen atoms in total. The van der Waals surface area contributed by atoms with Crippen molar-refractivity contribution in [3.05, 3.63) is 23.8 Å². The van der Waals surface area contributed by atoms with Crippen LogP contribution in [0.1, 0.15) is 80.1 Å². The number of aliphatic hydroxyl groups is 1. The molecule has 0 bridgehead atoms. The Hall–Kier alpha value is -2.51. The maximum atomic E-state index is 17.7. The van der Waals surface area contributed by atoms with Gasteiger partial charge in [0.15, 0.2) is 23.7 Å². The minimum absolute atomic E-state index is 0.0310.